The van der Waals surface area contributed by atoms with Crippen LogP contribution in [0.2, 0.25) is 0 Å². The Morgan fingerprint density at radius 3 is 2.83 bits per heavy atom. The summed E-state index contributed by atoms with van der Waals surface area (Å²) >= 11 is 1.00. The number of aromatic carboxylic acids is 1. The number of hydrogen-bond donors (Lipinski definition) is 2. The monoisotopic (exact) mass is 267 g/mol. The molecule has 0 radical (unpaired) electrons. The van der Waals surface area contributed by atoms with Gasteiger partial charge in [-0.3, -0.25) is 4.79 Å². The number of Topliss-reactive ketones (excluding diaryl/α,β-unsaturated/α-hetero) is 1. The molecular weight excluding hydrogens is 258 g/mol. The van der Waals surface area contributed by atoms with Gasteiger partial charge in [0.05, 0.1) is 12.7 Å². The summed E-state index contributed by atoms with van der Waals surface area (Å²) in [6.45, 7) is 1.63. The summed E-state index contributed by atoms with van der Waals surface area (Å²) in [5.74, 6) is -0.951. The molecule has 0 spiro atoms. The van der Waals surface area contributed by atoms with Crippen LogP contribution in [0.3, 0.4) is 0 Å². The van der Waals surface area contributed by atoms with E-state index in [0.717, 1.165) is 11.3 Å². The third-order valence-corrected chi connectivity index (χ3v) is 3.17. The molecule has 0 unspecified atom stereocenters. The van der Waals surface area contributed by atoms with E-state index in [4.69, 9.17) is 9.63 Å². The summed E-state index contributed by atoms with van der Waals surface area (Å²) in [5.41, 5.74) is -0.229. The van der Waals surface area contributed by atoms with Crippen molar-refractivity contribution >= 4 is 28.2 Å². The number of anilines is 1. The van der Waals surface area contributed by atoms with Crippen LogP contribution in [-0.4, -0.2) is 27.0 Å². The van der Waals surface area contributed by atoms with E-state index in [1.165, 1.54) is 13.1 Å². The molecule has 7 nitrogen and oxygen atoms in total. The van der Waals surface area contributed by atoms with E-state index in [9.17, 15) is 9.59 Å². The molecule has 2 heterocycles. The normalized spacial score (nSPS) is 10.3. The maximum atomic E-state index is 11.3. The standard InChI is InChI=1S/C10H9N3O4S/c1-5(14)8-7(9(15)16)13-10(18-8)11-4-6-2-3-12-17-6/h2-3H,4H2,1H3,(H,11,13)(H,15,16). The first kappa shape index (κ1) is 12.2. The highest BCUT2D eigenvalue weighted by Crippen LogP contribution is 2.24. The third-order valence-electron chi connectivity index (χ3n) is 2.05. The van der Waals surface area contributed by atoms with Crippen LogP contribution in [-0.2, 0) is 6.54 Å². The van der Waals surface area contributed by atoms with Crippen LogP contribution in [0.5, 0.6) is 0 Å². The van der Waals surface area contributed by atoms with Gasteiger partial charge in [0.1, 0.15) is 4.88 Å². The van der Waals surface area contributed by atoms with Gasteiger partial charge in [-0.1, -0.05) is 16.5 Å². The maximum Gasteiger partial charge on any atom is 0.356 e. The molecule has 0 aliphatic carbocycles. The van der Waals surface area contributed by atoms with E-state index in [-0.39, 0.29) is 16.4 Å². The fourth-order valence-corrected chi connectivity index (χ4v) is 2.12. The second-order valence-corrected chi connectivity index (χ2v) is 4.39. The molecule has 0 saturated heterocycles. The van der Waals surface area contributed by atoms with Gasteiger partial charge in [-0.05, 0) is 0 Å². The number of hydrogen-bond acceptors (Lipinski definition) is 7. The van der Waals surface area contributed by atoms with E-state index in [2.05, 4.69) is 15.5 Å². The van der Waals surface area contributed by atoms with Gasteiger partial charge in [-0.25, -0.2) is 9.78 Å². The number of carboxylic acid groups (broad SMARTS) is 1. The quantitative estimate of drug-likeness (QED) is 0.793. The van der Waals surface area contributed by atoms with Crippen LogP contribution >= 0.6 is 11.3 Å². The van der Waals surface area contributed by atoms with Crippen molar-refractivity contribution in [2.24, 2.45) is 0 Å². The summed E-state index contributed by atoms with van der Waals surface area (Å²) < 4.78 is 4.87. The molecule has 2 N–H and O–H groups in total. The minimum Gasteiger partial charge on any atom is -0.476 e. The molecule has 2 aromatic rings. The van der Waals surface area contributed by atoms with E-state index in [0.29, 0.717) is 17.4 Å². The van der Waals surface area contributed by atoms with Gasteiger partial charge < -0.3 is 14.9 Å². The van der Waals surface area contributed by atoms with E-state index in [1.54, 1.807) is 6.07 Å². The van der Waals surface area contributed by atoms with Crippen LogP contribution in [0.25, 0.3) is 0 Å². The molecule has 0 amide bonds. The number of carboxylic acids is 1. The lowest BCUT2D eigenvalue weighted by molar-refractivity contribution is 0.0687. The zero-order valence-corrected chi connectivity index (χ0v) is 10.2. The van der Waals surface area contributed by atoms with Crippen LogP contribution in [0.1, 0.15) is 32.8 Å². The van der Waals surface area contributed by atoms with E-state index in [1.807, 2.05) is 0 Å². The van der Waals surface area contributed by atoms with Gasteiger partial charge >= 0.3 is 5.97 Å². The Labute approximate surface area is 105 Å². The minimum atomic E-state index is -1.22. The van der Waals surface area contributed by atoms with Crippen molar-refractivity contribution in [2.75, 3.05) is 5.32 Å². The summed E-state index contributed by atoms with van der Waals surface area (Å²) in [5, 5.41) is 15.7. The first-order valence-electron chi connectivity index (χ1n) is 4.96. The Kier molecular flexibility index (Phi) is 3.38. The van der Waals surface area contributed by atoms with Crippen LogP contribution in [0, 0.1) is 0 Å². The Balaban J connectivity index is 2.16. The number of ketones is 1. The van der Waals surface area contributed by atoms with Crippen molar-refractivity contribution in [1.29, 1.82) is 0 Å². The van der Waals surface area contributed by atoms with E-state index < -0.39 is 5.97 Å². The van der Waals surface area contributed by atoms with Gasteiger partial charge in [0.2, 0.25) is 0 Å². The summed E-state index contributed by atoms with van der Waals surface area (Å²) in [6.07, 6.45) is 1.50. The predicted octanol–water partition coefficient (Wildman–Crippen LogP) is 1.64. The molecule has 0 aliphatic rings. The molecule has 0 saturated carbocycles. The molecule has 0 bridgehead atoms. The first-order valence-corrected chi connectivity index (χ1v) is 5.78. The van der Waals surface area contributed by atoms with Gasteiger partial charge in [0, 0.05) is 13.0 Å². The van der Waals surface area contributed by atoms with Crippen molar-refractivity contribution in [1.82, 2.24) is 10.1 Å². The minimum absolute atomic E-state index is 0.127. The highest BCUT2D eigenvalue weighted by atomic mass is 32.1. The van der Waals surface area contributed by atoms with Crippen molar-refractivity contribution in [2.45, 2.75) is 13.5 Å². The van der Waals surface area contributed by atoms with Gasteiger partial charge in [0.25, 0.3) is 0 Å². The highest BCUT2D eigenvalue weighted by molar-refractivity contribution is 7.17. The largest absolute Gasteiger partial charge is 0.476 e. The molecule has 0 fully saturated rings. The third kappa shape index (κ3) is 2.54. The average molecular weight is 267 g/mol. The number of nitrogens with one attached hydrogen (secondary N) is 1. The molecule has 2 rings (SSSR count). The lowest BCUT2D eigenvalue weighted by Gasteiger charge is -1.96. The lowest BCUT2D eigenvalue weighted by atomic mass is 10.3. The number of carbonyl (C=O) groups is 2. The fourth-order valence-electron chi connectivity index (χ4n) is 1.28. The van der Waals surface area contributed by atoms with Gasteiger partial charge in [-0.15, -0.1) is 0 Å². The topological polar surface area (TPSA) is 105 Å². The molecule has 0 aliphatic heterocycles. The van der Waals surface area contributed by atoms with Crippen molar-refractivity contribution < 1.29 is 19.2 Å². The van der Waals surface area contributed by atoms with Crippen molar-refractivity contribution in [3.05, 3.63) is 28.6 Å². The van der Waals surface area contributed by atoms with Crippen LogP contribution in [0.4, 0.5) is 5.13 Å². The Morgan fingerprint density at radius 1 is 1.56 bits per heavy atom. The molecule has 8 heteroatoms. The summed E-state index contributed by atoms with van der Waals surface area (Å²) in [6, 6.07) is 1.67. The first-order chi connectivity index (χ1) is 8.58. The molecule has 94 valence electrons. The number of thiazole rings is 1. The number of carbonyl (C=O) groups excluding carboxylic acids is 1. The fraction of sp³-hybridized carbons (Fsp3) is 0.200. The predicted molar refractivity (Wildman–Crippen MR) is 62.9 cm³/mol. The lowest BCUT2D eigenvalue weighted by Crippen LogP contribution is -2.04. The molecule has 2 aromatic heterocycles. The Bertz CT molecular complexity index is 544. The molecule has 0 aromatic carbocycles. The molecule has 0 atom stereocenters. The second kappa shape index (κ2) is 4.96. The smallest absolute Gasteiger partial charge is 0.356 e. The summed E-state index contributed by atoms with van der Waals surface area (Å²) in [4.78, 5) is 26.2. The Hall–Kier alpha value is -2.22. The van der Waals surface area contributed by atoms with Gasteiger partial charge in [0.15, 0.2) is 22.4 Å². The number of nitrogens with zero attached hydrogens (tertiary/aromatic N) is 2. The number of aromatic nitrogens is 2. The second-order valence-electron chi connectivity index (χ2n) is 3.39. The van der Waals surface area contributed by atoms with E-state index >= 15 is 0 Å². The maximum absolute atomic E-state index is 11.3. The number of rotatable bonds is 5. The zero-order valence-electron chi connectivity index (χ0n) is 9.34. The highest BCUT2D eigenvalue weighted by Gasteiger charge is 2.20. The average Bonchev–Trinajstić information content (AvgIpc) is 2.95. The summed E-state index contributed by atoms with van der Waals surface area (Å²) in [7, 11) is 0. The van der Waals surface area contributed by atoms with Crippen molar-refractivity contribution in [3.63, 3.8) is 0 Å². The SMILES string of the molecule is CC(=O)c1sc(NCc2ccno2)nc1C(=O)O. The molecular formula is C10H9N3O4S. The Morgan fingerprint density at radius 2 is 2.33 bits per heavy atom. The van der Waals surface area contributed by atoms with Crippen LogP contribution in [0.15, 0.2) is 16.8 Å². The van der Waals surface area contributed by atoms with Gasteiger partial charge in [-0.2, -0.15) is 0 Å². The molecule has 18 heavy (non-hydrogen) atoms. The van der Waals surface area contributed by atoms with Crippen molar-refractivity contribution in [3.8, 4) is 0 Å². The zero-order chi connectivity index (χ0) is 13.1. The van der Waals surface area contributed by atoms with Crippen LogP contribution < -0.4 is 5.32 Å².